The van der Waals surface area contributed by atoms with Crippen molar-refractivity contribution in [3.63, 3.8) is 0 Å². The van der Waals surface area contributed by atoms with Gasteiger partial charge in [0.2, 0.25) is 0 Å². The minimum Gasteiger partial charge on any atom is -0.508 e. The second-order valence-electron chi connectivity index (χ2n) is 5.38. The molecule has 0 bridgehead atoms. The van der Waals surface area contributed by atoms with Gasteiger partial charge in [-0.05, 0) is 54.6 Å². The summed E-state index contributed by atoms with van der Waals surface area (Å²) in [6, 6.07) is 14.1. The highest BCUT2D eigenvalue weighted by Crippen LogP contribution is 2.30. The molecule has 0 spiro atoms. The van der Waals surface area contributed by atoms with Crippen LogP contribution in [0.15, 0.2) is 58.4 Å². The molecule has 3 rings (SSSR count). The summed E-state index contributed by atoms with van der Waals surface area (Å²) in [5.74, 6) is 0.748. The number of phenols is 1. The maximum atomic E-state index is 12.2. The van der Waals surface area contributed by atoms with Crippen molar-refractivity contribution in [2.45, 2.75) is 13.3 Å². The molecule has 1 heterocycles. The van der Waals surface area contributed by atoms with Gasteiger partial charge in [-0.2, -0.15) is 0 Å². The van der Waals surface area contributed by atoms with Gasteiger partial charge in [0, 0.05) is 5.56 Å². The van der Waals surface area contributed by atoms with E-state index in [2.05, 4.69) is 10.3 Å². The Hall–Kier alpha value is -2.73. The molecule has 1 amide bonds. The Morgan fingerprint density at radius 1 is 1.20 bits per heavy atom. The molecule has 1 aliphatic heterocycles. The number of carbonyl (C=O) groups is 1. The van der Waals surface area contributed by atoms with E-state index in [0.29, 0.717) is 22.4 Å². The molecule has 0 atom stereocenters. The standard InChI is InChI=1S/C19H18N2O3S/c1-2-11-24-16-6-4-3-5-13(16)12-17-18(23)21-19(25-17)20-14-7-9-15(22)10-8-14/h3-10,12,22H,2,11H2,1H3,(H,20,21,23)/b17-12-. The van der Waals surface area contributed by atoms with Gasteiger partial charge in [0.15, 0.2) is 5.17 Å². The molecule has 2 aromatic rings. The number of aliphatic imine (C=N–C) groups is 1. The summed E-state index contributed by atoms with van der Waals surface area (Å²) in [7, 11) is 0. The van der Waals surface area contributed by atoms with Crippen molar-refractivity contribution in [3.8, 4) is 11.5 Å². The Balaban J connectivity index is 1.81. The zero-order valence-corrected chi connectivity index (χ0v) is 14.5. The van der Waals surface area contributed by atoms with Gasteiger partial charge in [-0.1, -0.05) is 25.1 Å². The molecular weight excluding hydrogens is 336 g/mol. The largest absolute Gasteiger partial charge is 0.508 e. The number of carbonyl (C=O) groups excluding carboxylic acids is 1. The first kappa shape index (κ1) is 17.1. The number of ether oxygens (including phenoxy) is 1. The van der Waals surface area contributed by atoms with Crippen molar-refractivity contribution in [2.24, 2.45) is 4.99 Å². The Kier molecular flexibility index (Phi) is 5.40. The van der Waals surface area contributed by atoms with Crippen LogP contribution in [-0.2, 0) is 4.79 Å². The van der Waals surface area contributed by atoms with Gasteiger partial charge in [-0.25, -0.2) is 4.99 Å². The van der Waals surface area contributed by atoms with Crippen LogP contribution < -0.4 is 10.1 Å². The highest BCUT2D eigenvalue weighted by atomic mass is 32.2. The molecule has 1 saturated heterocycles. The number of hydrogen-bond donors (Lipinski definition) is 2. The van der Waals surface area contributed by atoms with Crippen molar-refractivity contribution in [3.05, 3.63) is 59.0 Å². The van der Waals surface area contributed by atoms with Crippen molar-refractivity contribution in [2.75, 3.05) is 6.61 Å². The second-order valence-corrected chi connectivity index (χ2v) is 6.42. The lowest BCUT2D eigenvalue weighted by Crippen LogP contribution is -2.19. The highest BCUT2D eigenvalue weighted by Gasteiger charge is 2.24. The van der Waals surface area contributed by atoms with Gasteiger partial charge in [0.25, 0.3) is 5.91 Å². The lowest BCUT2D eigenvalue weighted by molar-refractivity contribution is -0.115. The lowest BCUT2D eigenvalue weighted by atomic mass is 10.2. The molecule has 0 aromatic heterocycles. The number of nitrogens with one attached hydrogen (secondary N) is 1. The van der Waals surface area contributed by atoms with E-state index in [9.17, 15) is 9.90 Å². The summed E-state index contributed by atoms with van der Waals surface area (Å²) in [6.07, 6.45) is 2.73. The van der Waals surface area contributed by atoms with Gasteiger partial charge in [-0.15, -0.1) is 0 Å². The summed E-state index contributed by atoms with van der Waals surface area (Å²) in [5, 5.41) is 12.6. The summed E-state index contributed by atoms with van der Waals surface area (Å²) in [6.45, 7) is 2.68. The van der Waals surface area contributed by atoms with E-state index in [0.717, 1.165) is 17.7 Å². The van der Waals surface area contributed by atoms with Crippen LogP contribution in [0.5, 0.6) is 11.5 Å². The summed E-state index contributed by atoms with van der Waals surface area (Å²) in [4.78, 5) is 17.1. The molecule has 0 aliphatic carbocycles. The van der Waals surface area contributed by atoms with E-state index >= 15 is 0 Å². The average Bonchev–Trinajstić information content (AvgIpc) is 2.95. The first-order chi connectivity index (χ1) is 12.2. The van der Waals surface area contributed by atoms with Crippen LogP contribution in [0.25, 0.3) is 6.08 Å². The first-order valence-electron chi connectivity index (χ1n) is 7.96. The fraction of sp³-hybridized carbons (Fsp3) is 0.158. The van der Waals surface area contributed by atoms with Crippen molar-refractivity contribution < 1.29 is 14.6 Å². The second kappa shape index (κ2) is 7.90. The zero-order valence-electron chi connectivity index (χ0n) is 13.7. The molecule has 128 valence electrons. The Labute approximate surface area is 150 Å². The van der Waals surface area contributed by atoms with E-state index in [1.165, 1.54) is 11.8 Å². The van der Waals surface area contributed by atoms with Gasteiger partial charge in [0.1, 0.15) is 11.5 Å². The van der Waals surface area contributed by atoms with E-state index < -0.39 is 0 Å². The minimum absolute atomic E-state index is 0.177. The van der Waals surface area contributed by atoms with Crippen LogP contribution in [-0.4, -0.2) is 22.8 Å². The van der Waals surface area contributed by atoms with Crippen molar-refractivity contribution in [1.29, 1.82) is 0 Å². The predicted octanol–water partition coefficient (Wildman–Crippen LogP) is 4.07. The third kappa shape index (κ3) is 4.42. The summed E-state index contributed by atoms with van der Waals surface area (Å²) >= 11 is 1.28. The molecule has 2 N–H and O–H groups in total. The molecular formula is C19H18N2O3S. The number of amides is 1. The van der Waals surface area contributed by atoms with Crippen LogP contribution in [0, 0.1) is 0 Å². The van der Waals surface area contributed by atoms with Gasteiger partial charge in [-0.3, -0.25) is 4.79 Å². The fourth-order valence-corrected chi connectivity index (χ4v) is 3.04. The molecule has 0 saturated carbocycles. The van der Waals surface area contributed by atoms with Gasteiger partial charge < -0.3 is 15.2 Å². The quantitative estimate of drug-likeness (QED) is 0.794. The number of thioether (sulfide) groups is 1. The maximum Gasteiger partial charge on any atom is 0.264 e. The number of para-hydroxylation sites is 1. The average molecular weight is 354 g/mol. The maximum absolute atomic E-state index is 12.2. The number of nitrogens with zero attached hydrogens (tertiary/aromatic N) is 1. The number of benzene rings is 2. The summed E-state index contributed by atoms with van der Waals surface area (Å²) in [5.41, 5.74) is 1.52. The normalized spacial score (nSPS) is 17.1. The lowest BCUT2D eigenvalue weighted by Gasteiger charge is -2.07. The third-order valence-electron chi connectivity index (χ3n) is 3.40. The van der Waals surface area contributed by atoms with Crippen molar-refractivity contribution in [1.82, 2.24) is 5.32 Å². The minimum atomic E-state index is -0.187. The number of rotatable bonds is 5. The van der Waals surface area contributed by atoms with Gasteiger partial charge in [0.05, 0.1) is 17.2 Å². The Bertz CT molecular complexity index is 829. The van der Waals surface area contributed by atoms with Crippen LogP contribution in [0.4, 0.5) is 5.69 Å². The van der Waals surface area contributed by atoms with E-state index in [-0.39, 0.29) is 11.7 Å². The number of phenolic OH excluding ortho intramolecular Hbond substituents is 1. The molecule has 1 aliphatic rings. The highest BCUT2D eigenvalue weighted by molar-refractivity contribution is 8.18. The van der Waals surface area contributed by atoms with E-state index in [1.54, 1.807) is 24.3 Å². The Morgan fingerprint density at radius 2 is 1.96 bits per heavy atom. The number of amidine groups is 1. The summed E-state index contributed by atoms with van der Waals surface area (Å²) < 4.78 is 5.73. The topological polar surface area (TPSA) is 70.9 Å². The smallest absolute Gasteiger partial charge is 0.264 e. The predicted molar refractivity (Wildman–Crippen MR) is 101 cm³/mol. The molecule has 5 nitrogen and oxygen atoms in total. The van der Waals surface area contributed by atoms with E-state index in [4.69, 9.17) is 4.74 Å². The monoisotopic (exact) mass is 354 g/mol. The van der Waals surface area contributed by atoms with Crippen LogP contribution in [0.3, 0.4) is 0 Å². The number of aromatic hydroxyl groups is 1. The van der Waals surface area contributed by atoms with Crippen molar-refractivity contribution >= 4 is 34.6 Å². The fourth-order valence-electron chi connectivity index (χ4n) is 2.21. The third-order valence-corrected chi connectivity index (χ3v) is 4.31. The molecule has 0 unspecified atom stereocenters. The van der Waals surface area contributed by atoms with E-state index in [1.807, 2.05) is 37.3 Å². The van der Waals surface area contributed by atoms with Crippen LogP contribution >= 0.6 is 11.8 Å². The SMILES string of the molecule is CCCOc1ccccc1/C=C1\SC(=Nc2ccc(O)cc2)NC1=O. The molecule has 1 fully saturated rings. The molecule has 0 radical (unpaired) electrons. The Morgan fingerprint density at radius 3 is 2.72 bits per heavy atom. The number of hydrogen-bond acceptors (Lipinski definition) is 5. The molecule has 25 heavy (non-hydrogen) atoms. The molecule has 2 aromatic carbocycles. The first-order valence-corrected chi connectivity index (χ1v) is 8.78. The zero-order chi connectivity index (χ0) is 17.6. The van der Waals surface area contributed by atoms with Crippen LogP contribution in [0.2, 0.25) is 0 Å². The van der Waals surface area contributed by atoms with Crippen LogP contribution in [0.1, 0.15) is 18.9 Å². The molecule has 6 heteroatoms. The van der Waals surface area contributed by atoms with Gasteiger partial charge >= 0.3 is 0 Å².